The van der Waals surface area contributed by atoms with E-state index in [9.17, 15) is 4.79 Å². The topological polar surface area (TPSA) is 61.5 Å². The Morgan fingerprint density at radius 3 is 2.73 bits per heavy atom. The first-order valence-corrected chi connectivity index (χ1v) is 3.82. The van der Waals surface area contributed by atoms with E-state index in [4.69, 9.17) is 0 Å². The standard InChI is InChI=1S/C7H13N3O/c1-5(2)3-4-6-8-7(11)10-9-6/h5H,3-4H2,1-2H3,(H2,8,9,10,11). The van der Waals surface area contributed by atoms with Gasteiger partial charge in [-0.05, 0) is 12.3 Å². The molecule has 1 aromatic rings. The van der Waals surface area contributed by atoms with Gasteiger partial charge in [0.1, 0.15) is 5.82 Å². The molecule has 4 heteroatoms. The number of nitrogens with zero attached hydrogens (tertiary/aromatic N) is 1. The summed E-state index contributed by atoms with van der Waals surface area (Å²) in [5, 5.41) is 6.13. The Labute approximate surface area is 65.0 Å². The summed E-state index contributed by atoms with van der Waals surface area (Å²) >= 11 is 0. The van der Waals surface area contributed by atoms with Gasteiger partial charge in [-0.1, -0.05) is 13.8 Å². The van der Waals surface area contributed by atoms with E-state index in [-0.39, 0.29) is 5.69 Å². The highest BCUT2D eigenvalue weighted by molar-refractivity contribution is 4.80. The van der Waals surface area contributed by atoms with Crippen molar-refractivity contribution < 1.29 is 0 Å². The third kappa shape index (κ3) is 2.57. The van der Waals surface area contributed by atoms with E-state index in [1.165, 1.54) is 0 Å². The number of aromatic nitrogens is 3. The van der Waals surface area contributed by atoms with Crippen LogP contribution in [0, 0.1) is 5.92 Å². The minimum absolute atomic E-state index is 0.219. The molecule has 0 aliphatic carbocycles. The average molecular weight is 155 g/mol. The Kier molecular flexibility index (Phi) is 2.46. The smallest absolute Gasteiger partial charge is 0.293 e. The van der Waals surface area contributed by atoms with Gasteiger partial charge in [0.25, 0.3) is 0 Å². The monoisotopic (exact) mass is 155 g/mol. The van der Waals surface area contributed by atoms with Crippen LogP contribution in [0.25, 0.3) is 0 Å². The Hall–Kier alpha value is -1.06. The third-order valence-corrected chi connectivity index (χ3v) is 1.51. The number of hydrogen-bond acceptors (Lipinski definition) is 2. The van der Waals surface area contributed by atoms with Crippen LogP contribution in [0.1, 0.15) is 26.1 Å². The van der Waals surface area contributed by atoms with Crippen molar-refractivity contribution in [3.05, 3.63) is 16.3 Å². The zero-order chi connectivity index (χ0) is 8.27. The summed E-state index contributed by atoms with van der Waals surface area (Å²) in [6.07, 6.45) is 1.90. The molecule has 0 unspecified atom stereocenters. The molecule has 62 valence electrons. The summed E-state index contributed by atoms with van der Waals surface area (Å²) in [5.74, 6) is 1.40. The molecule has 0 aliphatic rings. The Bertz CT molecular complexity index is 261. The number of aromatic amines is 2. The summed E-state index contributed by atoms with van der Waals surface area (Å²) in [7, 11) is 0. The van der Waals surface area contributed by atoms with Crippen LogP contribution in [-0.2, 0) is 6.42 Å². The van der Waals surface area contributed by atoms with Gasteiger partial charge in [0.2, 0.25) is 0 Å². The van der Waals surface area contributed by atoms with Crippen molar-refractivity contribution in [1.82, 2.24) is 15.2 Å². The molecule has 0 aromatic carbocycles. The summed E-state index contributed by atoms with van der Waals surface area (Å²) in [5.41, 5.74) is -0.219. The molecule has 1 rings (SSSR count). The van der Waals surface area contributed by atoms with E-state index in [2.05, 4.69) is 29.0 Å². The second kappa shape index (κ2) is 3.37. The van der Waals surface area contributed by atoms with Gasteiger partial charge in [-0.25, -0.2) is 9.89 Å². The van der Waals surface area contributed by atoms with E-state index >= 15 is 0 Å². The molecule has 0 fully saturated rings. The van der Waals surface area contributed by atoms with E-state index in [0.29, 0.717) is 5.92 Å². The lowest BCUT2D eigenvalue weighted by atomic mass is 10.1. The molecule has 11 heavy (non-hydrogen) atoms. The molecule has 0 saturated carbocycles. The van der Waals surface area contributed by atoms with Crippen molar-refractivity contribution in [1.29, 1.82) is 0 Å². The first-order chi connectivity index (χ1) is 5.18. The minimum Gasteiger partial charge on any atom is -0.293 e. The normalized spacial score (nSPS) is 10.8. The molecular weight excluding hydrogens is 142 g/mol. The Balaban J connectivity index is 2.45. The van der Waals surface area contributed by atoms with Crippen LogP contribution in [0.15, 0.2) is 4.79 Å². The zero-order valence-electron chi connectivity index (χ0n) is 6.85. The molecule has 1 aromatic heterocycles. The van der Waals surface area contributed by atoms with Gasteiger partial charge >= 0.3 is 5.69 Å². The largest absolute Gasteiger partial charge is 0.340 e. The van der Waals surface area contributed by atoms with Crippen LogP contribution in [0.2, 0.25) is 0 Å². The van der Waals surface area contributed by atoms with Crippen molar-refractivity contribution >= 4 is 0 Å². The minimum atomic E-state index is -0.219. The molecule has 0 atom stereocenters. The number of aryl methyl sites for hydroxylation is 1. The van der Waals surface area contributed by atoms with Crippen molar-refractivity contribution in [3.63, 3.8) is 0 Å². The number of rotatable bonds is 3. The first-order valence-electron chi connectivity index (χ1n) is 3.82. The van der Waals surface area contributed by atoms with Gasteiger partial charge in [-0.3, -0.25) is 4.98 Å². The van der Waals surface area contributed by atoms with Crippen molar-refractivity contribution in [2.75, 3.05) is 0 Å². The highest BCUT2D eigenvalue weighted by Gasteiger charge is 1.99. The van der Waals surface area contributed by atoms with Crippen molar-refractivity contribution in [2.45, 2.75) is 26.7 Å². The Morgan fingerprint density at radius 1 is 1.55 bits per heavy atom. The summed E-state index contributed by atoms with van der Waals surface area (Å²) in [6.45, 7) is 4.29. The predicted molar refractivity (Wildman–Crippen MR) is 42.4 cm³/mol. The fraction of sp³-hybridized carbons (Fsp3) is 0.714. The first kappa shape index (κ1) is 8.04. The summed E-state index contributed by atoms with van der Waals surface area (Å²) < 4.78 is 0. The fourth-order valence-corrected chi connectivity index (χ4v) is 0.849. The van der Waals surface area contributed by atoms with Gasteiger partial charge in [0, 0.05) is 6.42 Å². The lowest BCUT2D eigenvalue weighted by Crippen LogP contribution is -2.01. The highest BCUT2D eigenvalue weighted by atomic mass is 16.1. The van der Waals surface area contributed by atoms with E-state index in [1.54, 1.807) is 0 Å². The van der Waals surface area contributed by atoms with Crippen molar-refractivity contribution in [2.24, 2.45) is 5.92 Å². The zero-order valence-corrected chi connectivity index (χ0v) is 6.85. The maximum Gasteiger partial charge on any atom is 0.340 e. The predicted octanol–water partition coefficient (Wildman–Crippen LogP) is 0.687. The van der Waals surface area contributed by atoms with Gasteiger partial charge in [-0.2, -0.15) is 5.10 Å². The third-order valence-electron chi connectivity index (χ3n) is 1.51. The highest BCUT2D eigenvalue weighted by Crippen LogP contribution is 2.02. The Morgan fingerprint density at radius 2 is 2.27 bits per heavy atom. The van der Waals surface area contributed by atoms with Gasteiger partial charge < -0.3 is 0 Å². The lowest BCUT2D eigenvalue weighted by molar-refractivity contribution is 0.575. The molecular formula is C7H13N3O. The molecule has 0 spiro atoms. The average Bonchev–Trinajstić information content (AvgIpc) is 2.31. The van der Waals surface area contributed by atoms with Crippen LogP contribution < -0.4 is 5.69 Å². The fourth-order valence-electron chi connectivity index (χ4n) is 0.849. The maximum atomic E-state index is 10.6. The van der Waals surface area contributed by atoms with Crippen LogP contribution in [-0.4, -0.2) is 15.2 Å². The van der Waals surface area contributed by atoms with Gasteiger partial charge in [0.05, 0.1) is 0 Å². The van der Waals surface area contributed by atoms with E-state index < -0.39 is 0 Å². The van der Waals surface area contributed by atoms with Gasteiger partial charge in [0.15, 0.2) is 0 Å². The van der Waals surface area contributed by atoms with Crippen LogP contribution in [0.4, 0.5) is 0 Å². The molecule has 0 amide bonds. The molecule has 0 radical (unpaired) electrons. The quantitative estimate of drug-likeness (QED) is 0.674. The number of H-pyrrole nitrogens is 2. The molecule has 1 heterocycles. The number of nitrogens with one attached hydrogen (secondary N) is 2. The molecule has 0 bridgehead atoms. The maximum absolute atomic E-state index is 10.6. The molecule has 4 nitrogen and oxygen atoms in total. The van der Waals surface area contributed by atoms with Crippen molar-refractivity contribution in [3.8, 4) is 0 Å². The molecule has 0 aliphatic heterocycles. The summed E-state index contributed by atoms with van der Waals surface area (Å²) in [6, 6.07) is 0. The second-order valence-electron chi connectivity index (χ2n) is 3.06. The summed E-state index contributed by atoms with van der Waals surface area (Å²) in [4.78, 5) is 13.2. The molecule has 2 N–H and O–H groups in total. The number of hydrogen-bond donors (Lipinski definition) is 2. The SMILES string of the molecule is CC(C)CCc1n[nH]c(=O)[nH]1. The molecule has 0 saturated heterocycles. The second-order valence-corrected chi connectivity index (χ2v) is 3.06. The van der Waals surface area contributed by atoms with Gasteiger partial charge in [-0.15, -0.1) is 0 Å². The van der Waals surface area contributed by atoms with E-state index in [0.717, 1.165) is 18.7 Å². The van der Waals surface area contributed by atoms with Crippen LogP contribution >= 0.6 is 0 Å². The van der Waals surface area contributed by atoms with E-state index in [1.807, 2.05) is 0 Å². The van der Waals surface area contributed by atoms with Crippen LogP contribution in [0.3, 0.4) is 0 Å². The lowest BCUT2D eigenvalue weighted by Gasteiger charge is -1.99. The van der Waals surface area contributed by atoms with Crippen LogP contribution in [0.5, 0.6) is 0 Å².